The van der Waals surface area contributed by atoms with Crippen LogP contribution in [0.2, 0.25) is 0 Å². The number of furan rings is 1. The van der Waals surface area contributed by atoms with E-state index in [0.717, 1.165) is 17.7 Å². The maximum atomic E-state index is 12.7. The lowest BCUT2D eigenvalue weighted by Gasteiger charge is -2.20. The Labute approximate surface area is 175 Å². The summed E-state index contributed by atoms with van der Waals surface area (Å²) in [5.41, 5.74) is 2.86. The molecule has 0 aliphatic carbocycles. The lowest BCUT2D eigenvalue weighted by molar-refractivity contribution is -0.114. The lowest BCUT2D eigenvalue weighted by atomic mass is 10.1. The fourth-order valence-corrected chi connectivity index (χ4v) is 4.56. The summed E-state index contributed by atoms with van der Waals surface area (Å²) in [5.74, 6) is 0.443. The quantitative estimate of drug-likeness (QED) is 0.614. The number of hydrogen-bond donors (Lipinski definition) is 1. The molecule has 0 saturated carbocycles. The van der Waals surface area contributed by atoms with Gasteiger partial charge in [-0.05, 0) is 60.9 Å². The van der Waals surface area contributed by atoms with Gasteiger partial charge in [0, 0.05) is 17.8 Å². The van der Waals surface area contributed by atoms with Gasteiger partial charge >= 0.3 is 0 Å². The summed E-state index contributed by atoms with van der Waals surface area (Å²) < 4.78 is 32.4. The number of nitrogens with zero attached hydrogens (tertiary/aromatic N) is 1. The minimum absolute atomic E-state index is 0.0843. The summed E-state index contributed by atoms with van der Waals surface area (Å²) in [6, 6.07) is 17.8. The molecule has 7 heteroatoms. The molecule has 4 rings (SSSR count). The van der Waals surface area contributed by atoms with Crippen molar-refractivity contribution in [3.8, 4) is 0 Å². The van der Waals surface area contributed by atoms with Gasteiger partial charge in [-0.3, -0.25) is 4.79 Å². The number of rotatable bonds is 6. The highest BCUT2D eigenvalue weighted by Crippen LogP contribution is 2.32. The minimum atomic E-state index is -3.65. The van der Waals surface area contributed by atoms with Crippen molar-refractivity contribution >= 4 is 27.7 Å². The van der Waals surface area contributed by atoms with Crippen LogP contribution in [0.15, 0.2) is 82.3 Å². The molecule has 0 spiro atoms. The van der Waals surface area contributed by atoms with Crippen molar-refractivity contribution in [2.24, 2.45) is 0 Å². The number of amides is 1. The highest BCUT2D eigenvalue weighted by molar-refractivity contribution is 7.89. The molecule has 0 bridgehead atoms. The fourth-order valence-electron chi connectivity index (χ4n) is 3.57. The normalized spacial score (nSPS) is 16.2. The van der Waals surface area contributed by atoms with Gasteiger partial charge in [-0.15, -0.1) is 0 Å². The molecule has 0 saturated heterocycles. The molecule has 154 valence electrons. The standard InChI is InChI=1S/C23H22N2O4S/c1-17-15-19-5-2-3-7-22(19)25(17)23(26)13-10-18-8-11-21(12-9-18)30(27,28)24-16-20-6-4-14-29-20/h2-14,17,24H,15-16H2,1H3/b13-10+. The van der Waals surface area contributed by atoms with Crippen molar-refractivity contribution in [1.82, 2.24) is 4.72 Å². The van der Waals surface area contributed by atoms with Crippen LogP contribution < -0.4 is 9.62 Å². The van der Waals surface area contributed by atoms with Gasteiger partial charge in [0.05, 0.1) is 17.7 Å². The topological polar surface area (TPSA) is 79.6 Å². The number of sulfonamides is 1. The first-order chi connectivity index (χ1) is 14.4. The summed E-state index contributed by atoms with van der Waals surface area (Å²) in [4.78, 5) is 14.7. The summed E-state index contributed by atoms with van der Waals surface area (Å²) in [5, 5.41) is 0. The van der Waals surface area contributed by atoms with Crippen LogP contribution in [-0.4, -0.2) is 20.4 Å². The molecule has 1 amide bonds. The smallest absolute Gasteiger partial charge is 0.251 e. The summed E-state index contributed by atoms with van der Waals surface area (Å²) in [6.07, 6.45) is 5.56. The Morgan fingerprint density at radius 1 is 1.13 bits per heavy atom. The van der Waals surface area contributed by atoms with Crippen LogP contribution in [-0.2, 0) is 27.8 Å². The van der Waals surface area contributed by atoms with E-state index in [1.807, 2.05) is 31.2 Å². The third-order valence-electron chi connectivity index (χ3n) is 5.07. The number of carbonyl (C=O) groups is 1. The Hall–Kier alpha value is -3.16. The van der Waals surface area contributed by atoms with E-state index in [2.05, 4.69) is 4.72 Å². The second-order valence-electron chi connectivity index (χ2n) is 7.20. The van der Waals surface area contributed by atoms with Crippen molar-refractivity contribution in [2.75, 3.05) is 4.90 Å². The number of hydrogen-bond acceptors (Lipinski definition) is 4. The van der Waals surface area contributed by atoms with E-state index < -0.39 is 10.0 Å². The van der Waals surface area contributed by atoms with E-state index >= 15 is 0 Å². The van der Waals surface area contributed by atoms with Crippen LogP contribution in [0.1, 0.15) is 23.8 Å². The van der Waals surface area contributed by atoms with Crippen molar-refractivity contribution in [3.05, 3.63) is 89.9 Å². The van der Waals surface area contributed by atoms with Gasteiger partial charge < -0.3 is 9.32 Å². The Bertz CT molecular complexity index is 1170. The van der Waals surface area contributed by atoms with Gasteiger partial charge in [0.1, 0.15) is 5.76 Å². The summed E-state index contributed by atoms with van der Waals surface area (Å²) in [7, 11) is -3.65. The predicted molar refractivity (Wildman–Crippen MR) is 115 cm³/mol. The Morgan fingerprint density at radius 3 is 2.63 bits per heavy atom. The van der Waals surface area contributed by atoms with Gasteiger partial charge in [0.25, 0.3) is 5.91 Å². The third kappa shape index (κ3) is 4.22. The van der Waals surface area contributed by atoms with E-state index in [1.165, 1.54) is 30.0 Å². The van der Waals surface area contributed by atoms with Crippen molar-refractivity contribution in [2.45, 2.75) is 30.8 Å². The second-order valence-corrected chi connectivity index (χ2v) is 8.96. The number of anilines is 1. The van der Waals surface area contributed by atoms with Gasteiger partial charge in [0.2, 0.25) is 10.0 Å². The molecule has 1 aliphatic rings. The molecular weight excluding hydrogens is 400 g/mol. The summed E-state index contributed by atoms with van der Waals surface area (Å²) in [6.45, 7) is 2.11. The lowest BCUT2D eigenvalue weighted by Crippen LogP contribution is -2.34. The van der Waals surface area contributed by atoms with Gasteiger partial charge in [-0.25, -0.2) is 13.1 Å². The molecule has 6 nitrogen and oxygen atoms in total. The molecule has 1 aromatic heterocycles. The van der Waals surface area contributed by atoms with Crippen LogP contribution in [0, 0.1) is 0 Å². The number of fused-ring (bicyclic) bond motifs is 1. The van der Waals surface area contributed by atoms with Gasteiger partial charge in [0.15, 0.2) is 0 Å². The zero-order chi connectivity index (χ0) is 21.1. The first-order valence-electron chi connectivity index (χ1n) is 9.65. The first-order valence-corrected chi connectivity index (χ1v) is 11.1. The highest BCUT2D eigenvalue weighted by atomic mass is 32.2. The third-order valence-corrected chi connectivity index (χ3v) is 6.49. The highest BCUT2D eigenvalue weighted by Gasteiger charge is 2.29. The zero-order valence-electron chi connectivity index (χ0n) is 16.5. The maximum Gasteiger partial charge on any atom is 0.251 e. The molecular formula is C23H22N2O4S. The number of nitrogens with one attached hydrogen (secondary N) is 1. The van der Waals surface area contributed by atoms with E-state index in [1.54, 1.807) is 35.2 Å². The van der Waals surface area contributed by atoms with Crippen molar-refractivity contribution in [1.29, 1.82) is 0 Å². The van der Waals surface area contributed by atoms with E-state index in [4.69, 9.17) is 4.42 Å². The second kappa shape index (κ2) is 8.30. The fraction of sp³-hybridized carbons (Fsp3) is 0.174. The molecule has 30 heavy (non-hydrogen) atoms. The molecule has 1 unspecified atom stereocenters. The maximum absolute atomic E-state index is 12.7. The SMILES string of the molecule is CC1Cc2ccccc2N1C(=O)/C=C/c1ccc(S(=O)(=O)NCc2ccco2)cc1. The van der Waals surface area contributed by atoms with Crippen LogP contribution in [0.5, 0.6) is 0 Å². The van der Waals surface area contributed by atoms with Gasteiger partial charge in [-0.2, -0.15) is 0 Å². The molecule has 1 N–H and O–H groups in total. The van der Waals surface area contributed by atoms with Crippen LogP contribution >= 0.6 is 0 Å². The number of benzene rings is 2. The molecule has 1 atom stereocenters. The van der Waals surface area contributed by atoms with Crippen LogP contribution in [0.3, 0.4) is 0 Å². The summed E-state index contributed by atoms with van der Waals surface area (Å²) >= 11 is 0. The van der Waals surface area contributed by atoms with E-state index in [9.17, 15) is 13.2 Å². The molecule has 0 fully saturated rings. The van der Waals surface area contributed by atoms with E-state index in [-0.39, 0.29) is 23.4 Å². The van der Waals surface area contributed by atoms with Crippen LogP contribution in [0.25, 0.3) is 6.08 Å². The van der Waals surface area contributed by atoms with Crippen molar-refractivity contribution in [3.63, 3.8) is 0 Å². The number of para-hydroxylation sites is 1. The van der Waals surface area contributed by atoms with Crippen LogP contribution in [0.4, 0.5) is 5.69 Å². The molecule has 2 heterocycles. The zero-order valence-corrected chi connectivity index (χ0v) is 17.3. The minimum Gasteiger partial charge on any atom is -0.468 e. The average molecular weight is 423 g/mol. The van der Waals surface area contributed by atoms with Crippen molar-refractivity contribution < 1.29 is 17.6 Å². The predicted octanol–water partition coefficient (Wildman–Crippen LogP) is 3.75. The molecule has 2 aromatic carbocycles. The Kier molecular flexibility index (Phi) is 5.57. The average Bonchev–Trinajstić information content (AvgIpc) is 3.37. The Balaban J connectivity index is 1.43. The molecule has 3 aromatic rings. The van der Waals surface area contributed by atoms with E-state index in [0.29, 0.717) is 5.76 Å². The monoisotopic (exact) mass is 422 g/mol. The Morgan fingerprint density at radius 2 is 1.90 bits per heavy atom. The largest absolute Gasteiger partial charge is 0.468 e. The molecule has 1 aliphatic heterocycles. The van der Waals surface area contributed by atoms with Gasteiger partial charge in [-0.1, -0.05) is 30.3 Å². The number of carbonyl (C=O) groups excluding carboxylic acids is 1. The molecule has 0 radical (unpaired) electrons. The first kappa shape index (κ1) is 20.1.